The number of piperidine rings is 1. The Hall–Kier alpha value is -2.24. The Morgan fingerprint density at radius 2 is 1.76 bits per heavy atom. The minimum atomic E-state index is -3.64. The van der Waals surface area contributed by atoms with E-state index in [0.29, 0.717) is 35.3 Å². The molecule has 0 radical (unpaired) electrons. The van der Waals surface area contributed by atoms with Crippen LogP contribution < -0.4 is 9.64 Å². The molecular formula is C27H35ClN4O4S2. The van der Waals surface area contributed by atoms with Crippen LogP contribution in [0.4, 0.5) is 5.13 Å². The van der Waals surface area contributed by atoms with Gasteiger partial charge in [0.05, 0.1) is 16.7 Å². The number of hydrogen-bond donors (Lipinski definition) is 0. The normalized spacial score (nSPS) is 15.3. The van der Waals surface area contributed by atoms with Gasteiger partial charge in [0.15, 0.2) is 5.13 Å². The molecule has 0 unspecified atom stereocenters. The summed E-state index contributed by atoms with van der Waals surface area (Å²) in [6.45, 7) is 9.87. The van der Waals surface area contributed by atoms with E-state index in [2.05, 4.69) is 18.7 Å². The smallest absolute Gasteiger partial charge is 0.243 e. The molecule has 1 fully saturated rings. The van der Waals surface area contributed by atoms with Crippen molar-refractivity contribution in [2.45, 2.75) is 38.5 Å². The lowest BCUT2D eigenvalue weighted by molar-refractivity contribution is -0.123. The summed E-state index contributed by atoms with van der Waals surface area (Å²) in [6, 6.07) is 10.1. The Kier molecular flexibility index (Phi) is 9.31. The van der Waals surface area contributed by atoms with Gasteiger partial charge in [-0.3, -0.25) is 9.69 Å². The number of fused-ring (bicyclic) bond motifs is 1. The van der Waals surface area contributed by atoms with E-state index in [1.807, 2.05) is 19.1 Å². The largest absolute Gasteiger partial charge is 0.494 e. The van der Waals surface area contributed by atoms with Gasteiger partial charge >= 0.3 is 0 Å². The van der Waals surface area contributed by atoms with E-state index in [9.17, 15) is 13.2 Å². The monoisotopic (exact) mass is 578 g/mol. The predicted octanol–water partition coefficient (Wildman–Crippen LogP) is 5.04. The molecule has 11 heteroatoms. The van der Waals surface area contributed by atoms with E-state index >= 15 is 0 Å². The van der Waals surface area contributed by atoms with Crippen LogP contribution in [0.5, 0.6) is 5.75 Å². The van der Waals surface area contributed by atoms with Crippen LogP contribution in [-0.2, 0) is 14.8 Å². The maximum Gasteiger partial charge on any atom is 0.243 e. The second-order valence-corrected chi connectivity index (χ2v) is 12.8. The van der Waals surface area contributed by atoms with Crippen LogP contribution in [0.25, 0.3) is 10.2 Å². The minimum Gasteiger partial charge on any atom is -0.494 e. The lowest BCUT2D eigenvalue weighted by atomic mass is 9.96. The van der Waals surface area contributed by atoms with Gasteiger partial charge in [-0.1, -0.05) is 42.9 Å². The maximum atomic E-state index is 13.9. The number of carbonyl (C=O) groups excluding carboxylic acids is 1. The Morgan fingerprint density at radius 3 is 2.37 bits per heavy atom. The number of methoxy groups -OCH3 is 1. The molecule has 3 aromatic rings. The molecule has 38 heavy (non-hydrogen) atoms. The highest BCUT2D eigenvalue weighted by Gasteiger charge is 2.35. The van der Waals surface area contributed by atoms with Crippen molar-refractivity contribution < 1.29 is 17.9 Å². The third kappa shape index (κ3) is 5.99. The first-order valence-electron chi connectivity index (χ1n) is 12.9. The molecular weight excluding hydrogens is 544 g/mol. The molecule has 2 heterocycles. The highest BCUT2D eigenvalue weighted by molar-refractivity contribution is 7.89. The molecule has 1 aromatic heterocycles. The summed E-state index contributed by atoms with van der Waals surface area (Å²) in [4.78, 5) is 23.1. The number of hydrogen-bond acceptors (Lipinski definition) is 7. The molecule has 0 bridgehead atoms. The number of ether oxygens (including phenoxy) is 1. The van der Waals surface area contributed by atoms with Crippen LogP contribution >= 0.6 is 22.9 Å². The zero-order valence-electron chi connectivity index (χ0n) is 22.3. The van der Waals surface area contributed by atoms with Crippen molar-refractivity contribution in [3.8, 4) is 5.75 Å². The van der Waals surface area contributed by atoms with Gasteiger partial charge in [-0.05, 0) is 68.8 Å². The molecule has 1 saturated heterocycles. The van der Waals surface area contributed by atoms with Crippen LogP contribution in [0.2, 0.25) is 5.02 Å². The van der Waals surface area contributed by atoms with Gasteiger partial charge in [0.25, 0.3) is 0 Å². The Labute approximate surface area is 234 Å². The summed E-state index contributed by atoms with van der Waals surface area (Å²) in [5, 5.41) is 1.14. The van der Waals surface area contributed by atoms with Crippen molar-refractivity contribution in [1.82, 2.24) is 14.2 Å². The van der Waals surface area contributed by atoms with Gasteiger partial charge in [0.1, 0.15) is 11.3 Å². The molecule has 0 atom stereocenters. The summed E-state index contributed by atoms with van der Waals surface area (Å²) in [6.07, 6.45) is 0.918. The molecule has 0 spiro atoms. The molecule has 206 valence electrons. The SMILES string of the molecule is CCN(CC)CCN(C(=O)C1CCN(S(=O)(=O)c2ccc(Cl)cc2)CC1)c1nc2c(OC)ccc(C)c2s1. The van der Waals surface area contributed by atoms with Gasteiger partial charge in [0, 0.05) is 37.1 Å². The summed E-state index contributed by atoms with van der Waals surface area (Å²) in [5.41, 5.74) is 1.85. The number of halogens is 1. The molecule has 2 aromatic carbocycles. The zero-order valence-corrected chi connectivity index (χ0v) is 24.7. The maximum absolute atomic E-state index is 13.9. The van der Waals surface area contributed by atoms with E-state index in [1.54, 1.807) is 24.1 Å². The third-order valence-electron chi connectivity index (χ3n) is 7.20. The highest BCUT2D eigenvalue weighted by Crippen LogP contribution is 2.37. The van der Waals surface area contributed by atoms with Gasteiger partial charge < -0.3 is 9.64 Å². The zero-order chi connectivity index (χ0) is 27.4. The van der Waals surface area contributed by atoms with Crippen LogP contribution in [0.3, 0.4) is 0 Å². The van der Waals surface area contributed by atoms with Crippen LogP contribution in [-0.4, -0.2) is 74.9 Å². The number of rotatable bonds is 10. The number of nitrogens with zero attached hydrogens (tertiary/aromatic N) is 4. The number of likely N-dealkylation sites (N-methyl/N-ethyl adjacent to an activating group) is 1. The first-order valence-corrected chi connectivity index (χ1v) is 15.6. The molecule has 4 rings (SSSR count). The summed E-state index contributed by atoms with van der Waals surface area (Å²) in [5.74, 6) is 0.403. The molecule has 0 saturated carbocycles. The quantitative estimate of drug-likeness (QED) is 0.335. The van der Waals surface area contributed by atoms with Crippen LogP contribution in [0.1, 0.15) is 32.3 Å². The number of amides is 1. The van der Waals surface area contributed by atoms with Crippen molar-refractivity contribution in [1.29, 1.82) is 0 Å². The first kappa shape index (κ1) is 28.8. The number of aromatic nitrogens is 1. The number of carbonyl (C=O) groups is 1. The average molecular weight is 579 g/mol. The van der Waals surface area contributed by atoms with E-state index in [-0.39, 0.29) is 29.8 Å². The summed E-state index contributed by atoms with van der Waals surface area (Å²) < 4.78 is 34.3. The number of benzene rings is 2. The standard InChI is InChI=1S/C27H35ClN4O4S2/c1-5-30(6-2)17-18-32(27-29-24-23(36-4)12-7-19(3)25(24)37-27)26(33)20-13-15-31(16-14-20)38(34,35)22-10-8-21(28)9-11-22/h7-12,20H,5-6,13-18H2,1-4H3. The molecule has 1 amide bonds. The van der Waals surface area contributed by atoms with Crippen LogP contribution in [0, 0.1) is 12.8 Å². The van der Waals surface area contributed by atoms with Crippen molar-refractivity contribution in [2.75, 3.05) is 51.3 Å². The van der Waals surface area contributed by atoms with Crippen LogP contribution in [0.15, 0.2) is 41.3 Å². The molecule has 1 aliphatic rings. The van der Waals surface area contributed by atoms with E-state index in [4.69, 9.17) is 21.3 Å². The topological polar surface area (TPSA) is 83.0 Å². The van der Waals surface area contributed by atoms with Gasteiger partial charge in [0.2, 0.25) is 15.9 Å². The van der Waals surface area contributed by atoms with Gasteiger partial charge in [-0.15, -0.1) is 0 Å². The van der Waals surface area contributed by atoms with Crippen molar-refractivity contribution in [2.24, 2.45) is 5.92 Å². The van der Waals surface area contributed by atoms with Gasteiger partial charge in [-0.25, -0.2) is 13.4 Å². The molecule has 0 aliphatic carbocycles. The average Bonchev–Trinajstić information content (AvgIpc) is 3.37. The Bertz CT molecular complexity index is 1370. The molecule has 0 N–H and O–H groups in total. The van der Waals surface area contributed by atoms with Crippen molar-refractivity contribution >= 4 is 54.2 Å². The van der Waals surface area contributed by atoms with E-state index < -0.39 is 10.0 Å². The van der Waals surface area contributed by atoms with Gasteiger partial charge in [-0.2, -0.15) is 4.31 Å². The lowest BCUT2D eigenvalue weighted by Gasteiger charge is -2.33. The second kappa shape index (κ2) is 12.3. The second-order valence-electron chi connectivity index (χ2n) is 9.41. The number of aryl methyl sites for hydroxylation is 1. The highest BCUT2D eigenvalue weighted by atomic mass is 35.5. The summed E-state index contributed by atoms with van der Waals surface area (Å²) in [7, 11) is -2.02. The van der Waals surface area contributed by atoms with Crippen molar-refractivity contribution in [3.63, 3.8) is 0 Å². The fourth-order valence-corrected chi connectivity index (χ4v) is 7.46. The minimum absolute atomic E-state index is 0.00336. The summed E-state index contributed by atoms with van der Waals surface area (Å²) >= 11 is 7.43. The molecule has 1 aliphatic heterocycles. The Balaban J connectivity index is 1.56. The predicted molar refractivity (Wildman–Crippen MR) is 154 cm³/mol. The molecule has 8 nitrogen and oxygen atoms in total. The lowest BCUT2D eigenvalue weighted by Crippen LogP contribution is -2.46. The fraction of sp³-hybridized carbons (Fsp3) is 0.481. The van der Waals surface area contributed by atoms with Crippen molar-refractivity contribution in [3.05, 3.63) is 47.0 Å². The Morgan fingerprint density at radius 1 is 1.11 bits per heavy atom. The third-order valence-corrected chi connectivity index (χ3v) is 10.6. The number of thiazole rings is 1. The number of anilines is 1. The fourth-order valence-electron chi connectivity index (χ4n) is 4.78. The number of sulfonamides is 1. The first-order chi connectivity index (χ1) is 18.2. The van der Waals surface area contributed by atoms with E-state index in [0.717, 1.165) is 35.4 Å². The van der Waals surface area contributed by atoms with E-state index in [1.165, 1.54) is 27.8 Å².